The number of nitrogens with zero attached hydrogens (tertiary/aromatic N) is 1. The van der Waals surface area contributed by atoms with Crippen LogP contribution in [-0.2, 0) is 20.1 Å². The minimum absolute atomic E-state index is 0.169. The van der Waals surface area contributed by atoms with Crippen molar-refractivity contribution in [1.29, 1.82) is 0 Å². The number of amides is 1. The zero-order valence-corrected chi connectivity index (χ0v) is 16.5. The van der Waals surface area contributed by atoms with E-state index >= 15 is 0 Å². The van der Waals surface area contributed by atoms with E-state index in [1.165, 1.54) is 0 Å². The lowest BCUT2D eigenvalue weighted by molar-refractivity contribution is -0.180. The standard InChI is InChI=1S/C20H20BrNO5/c1-24-15-4-6-16(7-5-15)25-10-2-9-22-18-8-3-14(21)13-17(18)20(19(22)23)26-11-12-27-20/h3-8,13H,2,9-12H2,1H3. The maximum atomic E-state index is 13.0. The molecule has 7 heteroatoms. The van der Waals surface area contributed by atoms with E-state index in [1.54, 1.807) is 12.0 Å². The quantitative estimate of drug-likeness (QED) is 0.652. The summed E-state index contributed by atoms with van der Waals surface area (Å²) in [5.74, 6) is 0.0923. The van der Waals surface area contributed by atoms with Gasteiger partial charge in [-0.05, 0) is 48.9 Å². The zero-order chi connectivity index (χ0) is 18.9. The molecule has 2 aromatic carbocycles. The molecule has 2 aliphatic heterocycles. The summed E-state index contributed by atoms with van der Waals surface area (Å²) in [4.78, 5) is 14.8. The highest BCUT2D eigenvalue weighted by molar-refractivity contribution is 9.10. The molecule has 27 heavy (non-hydrogen) atoms. The highest BCUT2D eigenvalue weighted by atomic mass is 79.9. The lowest BCUT2D eigenvalue weighted by atomic mass is 10.1. The summed E-state index contributed by atoms with van der Waals surface area (Å²) >= 11 is 3.47. The van der Waals surface area contributed by atoms with Gasteiger partial charge in [-0.25, -0.2) is 0 Å². The van der Waals surface area contributed by atoms with Crippen LogP contribution in [0.3, 0.4) is 0 Å². The van der Waals surface area contributed by atoms with E-state index in [2.05, 4.69) is 15.9 Å². The Morgan fingerprint density at radius 3 is 2.52 bits per heavy atom. The van der Waals surface area contributed by atoms with Gasteiger partial charge in [-0.2, -0.15) is 0 Å². The van der Waals surface area contributed by atoms with Crippen LogP contribution in [0.2, 0.25) is 0 Å². The molecule has 1 fully saturated rings. The first kappa shape index (κ1) is 18.3. The Kier molecular flexibility index (Phi) is 5.08. The molecule has 6 nitrogen and oxygen atoms in total. The van der Waals surface area contributed by atoms with Crippen LogP contribution in [0.4, 0.5) is 5.69 Å². The Balaban J connectivity index is 1.42. The van der Waals surface area contributed by atoms with Crippen molar-refractivity contribution >= 4 is 27.5 Å². The third-order valence-electron chi connectivity index (χ3n) is 4.68. The number of hydrogen-bond donors (Lipinski definition) is 0. The van der Waals surface area contributed by atoms with Gasteiger partial charge in [0.05, 0.1) is 32.6 Å². The number of anilines is 1. The maximum absolute atomic E-state index is 13.0. The molecule has 1 saturated heterocycles. The van der Waals surface area contributed by atoms with Gasteiger partial charge in [-0.15, -0.1) is 0 Å². The van der Waals surface area contributed by atoms with Gasteiger partial charge in [-0.3, -0.25) is 4.79 Å². The van der Waals surface area contributed by atoms with Gasteiger partial charge in [0.1, 0.15) is 11.5 Å². The fraction of sp³-hybridized carbons (Fsp3) is 0.350. The lowest BCUT2D eigenvalue weighted by Crippen LogP contribution is -2.41. The van der Waals surface area contributed by atoms with Gasteiger partial charge >= 0.3 is 0 Å². The average molecular weight is 434 g/mol. The maximum Gasteiger partial charge on any atom is 0.292 e. The summed E-state index contributed by atoms with van der Waals surface area (Å²) in [6.07, 6.45) is 0.684. The van der Waals surface area contributed by atoms with Crippen molar-refractivity contribution in [3.8, 4) is 11.5 Å². The summed E-state index contributed by atoms with van der Waals surface area (Å²) in [6.45, 7) is 1.84. The summed E-state index contributed by atoms with van der Waals surface area (Å²) in [5, 5.41) is 0. The lowest BCUT2D eigenvalue weighted by Gasteiger charge is -2.22. The van der Waals surface area contributed by atoms with Crippen molar-refractivity contribution < 1.29 is 23.7 Å². The number of carbonyl (C=O) groups is 1. The Bertz CT molecular complexity index is 833. The summed E-state index contributed by atoms with van der Waals surface area (Å²) in [7, 11) is 1.63. The minimum atomic E-state index is -1.30. The van der Waals surface area contributed by atoms with Gasteiger partial charge in [0.2, 0.25) is 0 Å². The molecule has 2 aliphatic rings. The average Bonchev–Trinajstić information content (AvgIpc) is 3.26. The summed E-state index contributed by atoms with van der Waals surface area (Å²) < 4.78 is 23.3. The van der Waals surface area contributed by atoms with E-state index in [4.69, 9.17) is 18.9 Å². The summed E-state index contributed by atoms with van der Waals surface area (Å²) in [5.41, 5.74) is 1.59. The van der Waals surface area contributed by atoms with Gasteiger partial charge in [0.25, 0.3) is 11.7 Å². The summed E-state index contributed by atoms with van der Waals surface area (Å²) in [6, 6.07) is 13.2. The van der Waals surface area contributed by atoms with Gasteiger partial charge in [-0.1, -0.05) is 15.9 Å². The Hall–Kier alpha value is -2.09. The van der Waals surface area contributed by atoms with E-state index in [0.717, 1.165) is 27.2 Å². The monoisotopic (exact) mass is 433 g/mol. The van der Waals surface area contributed by atoms with Crippen LogP contribution in [0.1, 0.15) is 12.0 Å². The SMILES string of the molecule is COc1ccc(OCCCN2C(=O)C3(OCCO3)c3cc(Br)ccc32)cc1. The second-order valence-electron chi connectivity index (χ2n) is 6.31. The topological polar surface area (TPSA) is 57.2 Å². The van der Waals surface area contributed by atoms with Crippen LogP contribution in [0.5, 0.6) is 11.5 Å². The number of rotatable bonds is 6. The van der Waals surface area contributed by atoms with E-state index < -0.39 is 5.79 Å². The van der Waals surface area contributed by atoms with Crippen LogP contribution in [-0.4, -0.2) is 39.4 Å². The number of benzene rings is 2. The number of carbonyl (C=O) groups excluding carboxylic acids is 1. The molecule has 4 rings (SSSR count). The molecule has 1 amide bonds. The molecule has 0 unspecified atom stereocenters. The van der Waals surface area contributed by atoms with E-state index in [9.17, 15) is 4.79 Å². The first-order chi connectivity index (χ1) is 13.1. The predicted octanol–water partition coefficient (Wildman–Crippen LogP) is 3.47. The second-order valence-corrected chi connectivity index (χ2v) is 7.22. The van der Waals surface area contributed by atoms with Crippen LogP contribution in [0, 0.1) is 0 Å². The fourth-order valence-electron chi connectivity index (χ4n) is 3.41. The van der Waals surface area contributed by atoms with Gasteiger partial charge < -0.3 is 23.8 Å². The Labute approximate surface area is 166 Å². The van der Waals surface area contributed by atoms with Crippen LogP contribution in [0.15, 0.2) is 46.9 Å². The number of fused-ring (bicyclic) bond motifs is 2. The number of halogens is 1. The molecular formula is C20H20BrNO5. The number of ether oxygens (including phenoxy) is 4. The third-order valence-corrected chi connectivity index (χ3v) is 5.17. The molecule has 1 spiro atoms. The van der Waals surface area contributed by atoms with Crippen LogP contribution < -0.4 is 14.4 Å². The first-order valence-electron chi connectivity index (χ1n) is 8.81. The normalized spacial score (nSPS) is 17.4. The van der Waals surface area contributed by atoms with Crippen molar-refractivity contribution in [2.75, 3.05) is 38.4 Å². The largest absolute Gasteiger partial charge is 0.497 e. The molecule has 0 bridgehead atoms. The van der Waals surface area contributed by atoms with Crippen molar-refractivity contribution in [3.63, 3.8) is 0 Å². The molecule has 0 N–H and O–H groups in total. The first-order valence-corrected chi connectivity index (χ1v) is 9.60. The van der Waals surface area contributed by atoms with Crippen LogP contribution >= 0.6 is 15.9 Å². The second kappa shape index (κ2) is 7.50. The van der Waals surface area contributed by atoms with E-state index in [-0.39, 0.29) is 5.91 Å². The van der Waals surface area contributed by atoms with Crippen molar-refractivity contribution in [2.45, 2.75) is 12.2 Å². The molecule has 0 aliphatic carbocycles. The third kappa shape index (κ3) is 3.31. The number of hydrogen-bond acceptors (Lipinski definition) is 5. The Morgan fingerprint density at radius 2 is 1.81 bits per heavy atom. The van der Waals surface area contributed by atoms with Crippen molar-refractivity contribution in [1.82, 2.24) is 0 Å². The molecule has 0 radical (unpaired) electrons. The highest BCUT2D eigenvalue weighted by Crippen LogP contribution is 2.46. The smallest absolute Gasteiger partial charge is 0.292 e. The molecule has 0 saturated carbocycles. The van der Waals surface area contributed by atoms with E-state index in [1.807, 2.05) is 42.5 Å². The molecule has 0 aromatic heterocycles. The van der Waals surface area contributed by atoms with Crippen molar-refractivity contribution in [2.24, 2.45) is 0 Å². The molecule has 2 heterocycles. The zero-order valence-electron chi connectivity index (χ0n) is 14.9. The predicted molar refractivity (Wildman–Crippen MR) is 103 cm³/mol. The number of methoxy groups -OCH3 is 1. The van der Waals surface area contributed by atoms with Crippen molar-refractivity contribution in [3.05, 3.63) is 52.5 Å². The van der Waals surface area contributed by atoms with Crippen LogP contribution in [0.25, 0.3) is 0 Å². The highest BCUT2D eigenvalue weighted by Gasteiger charge is 2.55. The Morgan fingerprint density at radius 1 is 1.11 bits per heavy atom. The molecule has 142 valence electrons. The van der Waals surface area contributed by atoms with Gasteiger partial charge in [0, 0.05) is 16.6 Å². The molecule has 2 aromatic rings. The van der Waals surface area contributed by atoms with Gasteiger partial charge in [0.15, 0.2) is 0 Å². The fourth-order valence-corrected chi connectivity index (χ4v) is 3.77. The van der Waals surface area contributed by atoms with E-state index in [0.29, 0.717) is 32.8 Å². The molecular weight excluding hydrogens is 414 g/mol. The minimum Gasteiger partial charge on any atom is -0.497 e. The molecule has 0 atom stereocenters.